The van der Waals surface area contributed by atoms with Crippen molar-refractivity contribution in [2.24, 2.45) is 0 Å². The molecule has 8 heteroatoms. The number of nitrogens with zero attached hydrogens (tertiary/aromatic N) is 5. The molecule has 2 heterocycles. The molecule has 118 valence electrons. The fourth-order valence-electron chi connectivity index (χ4n) is 2.36. The molecule has 1 aliphatic carbocycles. The van der Waals surface area contributed by atoms with Gasteiger partial charge >= 0.3 is 0 Å². The maximum Gasteiger partial charge on any atom is 0.237 e. The largest absolute Gasteiger partial charge is 0.388 e. The van der Waals surface area contributed by atoms with Gasteiger partial charge in [-0.3, -0.25) is 0 Å². The predicted octanol–water partition coefficient (Wildman–Crippen LogP) is 2.45. The number of rotatable bonds is 6. The third kappa shape index (κ3) is 2.99. The van der Waals surface area contributed by atoms with Crippen molar-refractivity contribution in [2.45, 2.75) is 36.4 Å². The van der Waals surface area contributed by atoms with E-state index in [-0.39, 0.29) is 6.61 Å². The van der Waals surface area contributed by atoms with Crippen molar-refractivity contribution in [2.75, 3.05) is 0 Å². The highest BCUT2D eigenvalue weighted by atomic mass is 32.2. The van der Waals surface area contributed by atoms with Crippen molar-refractivity contribution in [3.05, 3.63) is 42.0 Å². The highest BCUT2D eigenvalue weighted by Crippen LogP contribution is 2.39. The normalized spacial score (nSPS) is 14.3. The number of aromatic nitrogens is 5. The average Bonchev–Trinajstić information content (AvgIpc) is 3.18. The number of thioether (sulfide) groups is 1. The number of benzene rings is 1. The van der Waals surface area contributed by atoms with Crippen LogP contribution in [-0.2, 0) is 12.4 Å². The summed E-state index contributed by atoms with van der Waals surface area (Å²) in [5.41, 5.74) is 0.927. The molecule has 1 saturated carbocycles. The van der Waals surface area contributed by atoms with E-state index in [9.17, 15) is 5.11 Å². The van der Waals surface area contributed by atoms with Crippen LogP contribution < -0.4 is 0 Å². The van der Waals surface area contributed by atoms with Gasteiger partial charge in [0.15, 0.2) is 11.0 Å². The van der Waals surface area contributed by atoms with Crippen LogP contribution in [0, 0.1) is 0 Å². The number of hydrogen-bond acceptors (Lipinski definition) is 7. The molecule has 0 saturated heterocycles. The van der Waals surface area contributed by atoms with Crippen LogP contribution in [-0.4, -0.2) is 30.0 Å². The van der Waals surface area contributed by atoms with Crippen LogP contribution in [0.25, 0.3) is 11.4 Å². The quantitative estimate of drug-likeness (QED) is 0.695. The molecule has 1 fully saturated rings. The monoisotopic (exact) mass is 329 g/mol. The van der Waals surface area contributed by atoms with E-state index in [4.69, 9.17) is 4.52 Å². The van der Waals surface area contributed by atoms with Crippen LogP contribution in [0.15, 0.2) is 40.0 Å². The van der Waals surface area contributed by atoms with Crippen LogP contribution in [0.4, 0.5) is 0 Å². The maximum absolute atomic E-state index is 9.35. The second-order valence-corrected chi connectivity index (χ2v) is 6.27. The van der Waals surface area contributed by atoms with Gasteiger partial charge in [0, 0.05) is 11.6 Å². The first-order valence-electron chi connectivity index (χ1n) is 7.40. The summed E-state index contributed by atoms with van der Waals surface area (Å²) in [6.07, 6.45) is 2.22. The van der Waals surface area contributed by atoms with E-state index in [0.717, 1.165) is 23.6 Å². The van der Waals surface area contributed by atoms with E-state index < -0.39 is 0 Å². The molecule has 1 N–H and O–H groups in total. The highest BCUT2D eigenvalue weighted by molar-refractivity contribution is 7.98. The Morgan fingerprint density at radius 1 is 1.22 bits per heavy atom. The van der Waals surface area contributed by atoms with E-state index in [0.29, 0.717) is 29.3 Å². The van der Waals surface area contributed by atoms with Crippen LogP contribution in [0.3, 0.4) is 0 Å². The minimum atomic E-state index is -0.0945. The van der Waals surface area contributed by atoms with E-state index in [2.05, 4.69) is 20.3 Å². The summed E-state index contributed by atoms with van der Waals surface area (Å²) in [5, 5.41) is 22.3. The molecule has 1 aromatic carbocycles. The minimum Gasteiger partial charge on any atom is -0.388 e. The molecule has 0 amide bonds. The summed E-state index contributed by atoms with van der Waals surface area (Å²) in [4.78, 5) is 4.41. The van der Waals surface area contributed by atoms with E-state index in [1.165, 1.54) is 11.8 Å². The van der Waals surface area contributed by atoms with Gasteiger partial charge in [-0.1, -0.05) is 47.3 Å². The average molecular weight is 329 g/mol. The molecule has 0 atom stereocenters. The fraction of sp³-hybridized carbons (Fsp3) is 0.333. The lowest BCUT2D eigenvalue weighted by atomic mass is 10.2. The summed E-state index contributed by atoms with van der Waals surface area (Å²) in [5.74, 6) is 2.27. The lowest BCUT2D eigenvalue weighted by molar-refractivity contribution is 0.263. The molecular formula is C15H15N5O2S. The SMILES string of the molecule is OCc1nnc(SCc2nc(-c3ccccc3)no2)n1C1CC1. The van der Waals surface area contributed by atoms with Crippen molar-refractivity contribution in [3.8, 4) is 11.4 Å². The van der Waals surface area contributed by atoms with Gasteiger partial charge in [0.1, 0.15) is 6.61 Å². The topological polar surface area (TPSA) is 89.9 Å². The van der Waals surface area contributed by atoms with E-state index in [1.54, 1.807) is 0 Å². The first kappa shape index (κ1) is 14.4. The molecule has 0 aliphatic heterocycles. The zero-order valence-corrected chi connectivity index (χ0v) is 13.1. The van der Waals surface area contributed by atoms with E-state index in [1.807, 2.05) is 34.9 Å². The van der Waals surface area contributed by atoms with Gasteiger partial charge in [-0.2, -0.15) is 4.98 Å². The van der Waals surface area contributed by atoms with Crippen LogP contribution >= 0.6 is 11.8 Å². The van der Waals surface area contributed by atoms with Gasteiger partial charge in [-0.25, -0.2) is 0 Å². The Labute approximate surface area is 136 Å². The Bertz CT molecular complexity index is 797. The Balaban J connectivity index is 1.48. The molecule has 3 aromatic rings. The number of aliphatic hydroxyl groups excluding tert-OH is 1. The molecule has 7 nitrogen and oxygen atoms in total. The van der Waals surface area contributed by atoms with Crippen molar-refractivity contribution in [1.82, 2.24) is 24.9 Å². The second-order valence-electron chi connectivity index (χ2n) is 5.32. The van der Waals surface area contributed by atoms with Crippen LogP contribution in [0.1, 0.15) is 30.6 Å². The van der Waals surface area contributed by atoms with Gasteiger partial charge in [0.05, 0.1) is 5.75 Å². The lowest BCUT2D eigenvalue weighted by Gasteiger charge is -2.05. The zero-order valence-electron chi connectivity index (χ0n) is 12.3. The summed E-state index contributed by atoms with van der Waals surface area (Å²) in [7, 11) is 0. The summed E-state index contributed by atoms with van der Waals surface area (Å²) in [6, 6.07) is 10.1. The van der Waals surface area contributed by atoms with Crippen LogP contribution in [0.5, 0.6) is 0 Å². The van der Waals surface area contributed by atoms with Crippen molar-refractivity contribution >= 4 is 11.8 Å². The van der Waals surface area contributed by atoms with Crippen molar-refractivity contribution in [1.29, 1.82) is 0 Å². The molecule has 0 spiro atoms. The van der Waals surface area contributed by atoms with Crippen molar-refractivity contribution < 1.29 is 9.63 Å². The molecule has 0 radical (unpaired) electrons. The third-order valence-corrected chi connectivity index (χ3v) is 4.54. The third-order valence-electron chi connectivity index (χ3n) is 3.61. The van der Waals surface area contributed by atoms with Gasteiger partial charge in [-0.15, -0.1) is 10.2 Å². The molecule has 2 aromatic heterocycles. The van der Waals surface area contributed by atoms with Gasteiger partial charge < -0.3 is 14.2 Å². The first-order chi connectivity index (χ1) is 11.3. The first-order valence-corrected chi connectivity index (χ1v) is 8.39. The molecular weight excluding hydrogens is 314 g/mol. The predicted molar refractivity (Wildman–Crippen MR) is 83.5 cm³/mol. The smallest absolute Gasteiger partial charge is 0.237 e. The molecule has 0 unspecified atom stereocenters. The summed E-state index contributed by atoms with van der Waals surface area (Å²) in [6.45, 7) is -0.0945. The standard InChI is InChI=1S/C15H15N5O2S/c21-8-12-17-18-15(20(12)11-6-7-11)23-9-13-16-14(19-22-13)10-4-2-1-3-5-10/h1-5,11,21H,6-9H2. The number of hydrogen-bond donors (Lipinski definition) is 1. The Morgan fingerprint density at radius 2 is 2.04 bits per heavy atom. The Hall–Kier alpha value is -2.19. The Morgan fingerprint density at radius 3 is 2.78 bits per heavy atom. The Kier molecular flexibility index (Phi) is 3.84. The highest BCUT2D eigenvalue weighted by Gasteiger charge is 2.29. The fourth-order valence-corrected chi connectivity index (χ4v) is 3.22. The number of aliphatic hydroxyl groups is 1. The van der Waals surface area contributed by atoms with Crippen LogP contribution in [0.2, 0.25) is 0 Å². The minimum absolute atomic E-state index is 0.0945. The second kappa shape index (κ2) is 6.13. The van der Waals surface area contributed by atoms with Gasteiger partial charge in [0.25, 0.3) is 0 Å². The summed E-state index contributed by atoms with van der Waals surface area (Å²) < 4.78 is 7.31. The molecule has 4 rings (SSSR count). The van der Waals surface area contributed by atoms with Crippen molar-refractivity contribution in [3.63, 3.8) is 0 Å². The molecule has 1 aliphatic rings. The maximum atomic E-state index is 9.35. The van der Waals surface area contributed by atoms with E-state index >= 15 is 0 Å². The molecule has 23 heavy (non-hydrogen) atoms. The van der Waals surface area contributed by atoms with Gasteiger partial charge in [-0.05, 0) is 12.8 Å². The molecule has 0 bridgehead atoms. The van der Waals surface area contributed by atoms with Gasteiger partial charge in [0.2, 0.25) is 11.7 Å². The lowest BCUT2D eigenvalue weighted by Crippen LogP contribution is -2.02. The zero-order chi connectivity index (χ0) is 15.6. The summed E-state index contributed by atoms with van der Waals surface area (Å²) >= 11 is 1.50.